The average molecular weight is 254 g/mol. The number of anilines is 1. The molecule has 102 valence electrons. The molecule has 1 heterocycles. The second-order valence-corrected chi connectivity index (χ2v) is 4.47. The van der Waals surface area contributed by atoms with E-state index in [9.17, 15) is 4.79 Å². The summed E-state index contributed by atoms with van der Waals surface area (Å²) in [5.41, 5.74) is 7.29. The molecule has 1 aromatic rings. The molecule has 0 saturated carbocycles. The summed E-state index contributed by atoms with van der Waals surface area (Å²) >= 11 is 0. The standard InChI is InChI=1S/C12H22N4O2/c1-4-9(5-6-17)7-14-12(18)11-10(13)8(2)15-16(11)3/h9,17H,4-7,13H2,1-3H3,(H,14,18). The number of nitrogens with zero attached hydrogens (tertiary/aromatic N) is 2. The first-order chi connectivity index (χ1) is 8.51. The Kier molecular flexibility index (Phi) is 5.15. The maximum Gasteiger partial charge on any atom is 0.271 e. The van der Waals surface area contributed by atoms with Gasteiger partial charge in [0, 0.05) is 20.2 Å². The van der Waals surface area contributed by atoms with Gasteiger partial charge in [0.25, 0.3) is 5.91 Å². The monoisotopic (exact) mass is 254 g/mol. The summed E-state index contributed by atoms with van der Waals surface area (Å²) in [5, 5.41) is 15.8. The highest BCUT2D eigenvalue weighted by Gasteiger charge is 2.18. The van der Waals surface area contributed by atoms with E-state index in [0.717, 1.165) is 6.42 Å². The topological polar surface area (TPSA) is 93.2 Å². The number of aromatic nitrogens is 2. The Hall–Kier alpha value is -1.56. The summed E-state index contributed by atoms with van der Waals surface area (Å²) in [7, 11) is 1.70. The number of nitrogens with two attached hydrogens (primary N) is 1. The molecule has 1 unspecified atom stereocenters. The number of carbonyl (C=O) groups excluding carboxylic acids is 1. The molecule has 18 heavy (non-hydrogen) atoms. The number of aliphatic hydroxyl groups is 1. The molecule has 0 aliphatic heterocycles. The summed E-state index contributed by atoms with van der Waals surface area (Å²) in [6.07, 6.45) is 1.61. The Morgan fingerprint density at radius 3 is 2.72 bits per heavy atom. The number of carbonyl (C=O) groups is 1. The highest BCUT2D eigenvalue weighted by atomic mass is 16.3. The Morgan fingerprint density at radius 2 is 2.28 bits per heavy atom. The van der Waals surface area contributed by atoms with E-state index < -0.39 is 0 Å². The van der Waals surface area contributed by atoms with Crippen LogP contribution in [0.25, 0.3) is 0 Å². The second-order valence-electron chi connectivity index (χ2n) is 4.47. The number of nitrogen functional groups attached to an aromatic ring is 1. The van der Waals surface area contributed by atoms with E-state index in [-0.39, 0.29) is 18.4 Å². The fourth-order valence-corrected chi connectivity index (χ4v) is 1.90. The third-order valence-electron chi connectivity index (χ3n) is 3.15. The molecule has 0 aromatic carbocycles. The third kappa shape index (κ3) is 3.22. The Balaban J connectivity index is 2.65. The fraction of sp³-hybridized carbons (Fsp3) is 0.667. The zero-order chi connectivity index (χ0) is 13.7. The van der Waals surface area contributed by atoms with Gasteiger partial charge in [-0.1, -0.05) is 13.3 Å². The van der Waals surface area contributed by atoms with Gasteiger partial charge >= 0.3 is 0 Å². The van der Waals surface area contributed by atoms with Crippen molar-refractivity contribution in [3.05, 3.63) is 11.4 Å². The maximum atomic E-state index is 12.0. The number of aliphatic hydroxyl groups excluding tert-OH is 1. The van der Waals surface area contributed by atoms with E-state index >= 15 is 0 Å². The van der Waals surface area contributed by atoms with Crippen molar-refractivity contribution in [2.45, 2.75) is 26.7 Å². The molecule has 1 amide bonds. The minimum absolute atomic E-state index is 0.140. The van der Waals surface area contributed by atoms with Gasteiger partial charge in [-0.3, -0.25) is 9.48 Å². The predicted molar refractivity (Wildman–Crippen MR) is 70.2 cm³/mol. The van der Waals surface area contributed by atoms with E-state index in [4.69, 9.17) is 10.8 Å². The lowest BCUT2D eigenvalue weighted by atomic mass is 10.0. The molecule has 0 bridgehead atoms. The van der Waals surface area contributed by atoms with Crippen LogP contribution in [0.3, 0.4) is 0 Å². The highest BCUT2D eigenvalue weighted by molar-refractivity contribution is 5.97. The van der Waals surface area contributed by atoms with Crippen molar-refractivity contribution < 1.29 is 9.90 Å². The van der Waals surface area contributed by atoms with Crippen LogP contribution in [0, 0.1) is 12.8 Å². The lowest BCUT2D eigenvalue weighted by Crippen LogP contribution is -2.31. The first-order valence-electron chi connectivity index (χ1n) is 6.19. The van der Waals surface area contributed by atoms with Crippen molar-refractivity contribution in [2.24, 2.45) is 13.0 Å². The molecule has 0 radical (unpaired) electrons. The lowest BCUT2D eigenvalue weighted by Gasteiger charge is -2.14. The number of amides is 1. The number of hydrogen-bond donors (Lipinski definition) is 3. The minimum Gasteiger partial charge on any atom is -0.396 e. The van der Waals surface area contributed by atoms with Crippen LogP contribution >= 0.6 is 0 Å². The predicted octanol–water partition coefficient (Wildman–Crippen LogP) is 0.449. The van der Waals surface area contributed by atoms with Gasteiger partial charge in [-0.15, -0.1) is 0 Å². The van der Waals surface area contributed by atoms with Crippen LogP contribution in [0.5, 0.6) is 0 Å². The lowest BCUT2D eigenvalue weighted by molar-refractivity contribution is 0.0935. The van der Waals surface area contributed by atoms with Gasteiger partial charge in [0.2, 0.25) is 0 Å². The molecule has 1 atom stereocenters. The van der Waals surface area contributed by atoms with Crippen LogP contribution in [-0.2, 0) is 7.05 Å². The van der Waals surface area contributed by atoms with Crippen LogP contribution in [0.15, 0.2) is 0 Å². The average Bonchev–Trinajstić information content (AvgIpc) is 2.58. The van der Waals surface area contributed by atoms with E-state index in [1.54, 1.807) is 14.0 Å². The van der Waals surface area contributed by atoms with Gasteiger partial charge in [0.05, 0.1) is 11.4 Å². The minimum atomic E-state index is -0.216. The number of hydrogen-bond acceptors (Lipinski definition) is 4. The molecule has 4 N–H and O–H groups in total. The summed E-state index contributed by atoms with van der Waals surface area (Å²) < 4.78 is 1.49. The smallest absolute Gasteiger partial charge is 0.271 e. The molecule has 6 heteroatoms. The van der Waals surface area contributed by atoms with E-state index in [1.807, 2.05) is 6.92 Å². The Morgan fingerprint density at radius 1 is 1.61 bits per heavy atom. The van der Waals surface area contributed by atoms with Gasteiger partial charge < -0.3 is 16.2 Å². The third-order valence-corrected chi connectivity index (χ3v) is 3.15. The molecular formula is C12H22N4O2. The van der Waals surface area contributed by atoms with Crippen molar-refractivity contribution in [1.29, 1.82) is 0 Å². The van der Waals surface area contributed by atoms with Crippen molar-refractivity contribution in [3.63, 3.8) is 0 Å². The van der Waals surface area contributed by atoms with Crippen molar-refractivity contribution in [3.8, 4) is 0 Å². The largest absolute Gasteiger partial charge is 0.396 e. The molecule has 1 rings (SSSR count). The second kappa shape index (κ2) is 6.39. The quantitative estimate of drug-likeness (QED) is 0.687. The van der Waals surface area contributed by atoms with Crippen LogP contribution in [0.4, 0.5) is 5.69 Å². The van der Waals surface area contributed by atoms with Gasteiger partial charge in [-0.05, 0) is 19.3 Å². The molecule has 0 fully saturated rings. The van der Waals surface area contributed by atoms with Crippen LogP contribution in [0.2, 0.25) is 0 Å². The van der Waals surface area contributed by atoms with E-state index in [0.29, 0.717) is 30.0 Å². The zero-order valence-electron chi connectivity index (χ0n) is 11.2. The Labute approximate surface area is 107 Å². The highest BCUT2D eigenvalue weighted by Crippen LogP contribution is 2.15. The number of nitrogens with one attached hydrogen (secondary N) is 1. The van der Waals surface area contributed by atoms with Gasteiger partial charge in [0.1, 0.15) is 5.69 Å². The molecule has 0 aliphatic carbocycles. The van der Waals surface area contributed by atoms with Gasteiger partial charge in [0.15, 0.2) is 0 Å². The van der Waals surface area contributed by atoms with Gasteiger partial charge in [-0.25, -0.2) is 0 Å². The SMILES string of the molecule is CCC(CCO)CNC(=O)c1c(N)c(C)nn1C. The van der Waals surface area contributed by atoms with E-state index in [2.05, 4.69) is 10.4 Å². The van der Waals surface area contributed by atoms with E-state index in [1.165, 1.54) is 4.68 Å². The maximum absolute atomic E-state index is 12.0. The molecule has 1 aromatic heterocycles. The number of aryl methyl sites for hydroxylation is 2. The summed E-state index contributed by atoms with van der Waals surface area (Å²) in [6, 6.07) is 0. The summed E-state index contributed by atoms with van der Waals surface area (Å²) in [4.78, 5) is 12.0. The molecular weight excluding hydrogens is 232 g/mol. The van der Waals surface area contributed by atoms with Crippen LogP contribution < -0.4 is 11.1 Å². The normalized spacial score (nSPS) is 12.4. The summed E-state index contributed by atoms with van der Waals surface area (Å²) in [5.74, 6) is 0.0708. The molecule has 0 spiro atoms. The molecule has 6 nitrogen and oxygen atoms in total. The van der Waals surface area contributed by atoms with Crippen molar-refractivity contribution >= 4 is 11.6 Å². The fourth-order valence-electron chi connectivity index (χ4n) is 1.90. The zero-order valence-corrected chi connectivity index (χ0v) is 11.2. The van der Waals surface area contributed by atoms with Crippen LogP contribution in [-0.4, -0.2) is 33.9 Å². The first-order valence-corrected chi connectivity index (χ1v) is 6.19. The Bertz CT molecular complexity index is 414. The van der Waals surface area contributed by atoms with Crippen molar-refractivity contribution in [1.82, 2.24) is 15.1 Å². The van der Waals surface area contributed by atoms with Gasteiger partial charge in [-0.2, -0.15) is 5.10 Å². The van der Waals surface area contributed by atoms with Crippen molar-refractivity contribution in [2.75, 3.05) is 18.9 Å². The molecule has 0 aliphatic rings. The first kappa shape index (κ1) is 14.5. The number of rotatable bonds is 6. The summed E-state index contributed by atoms with van der Waals surface area (Å²) in [6.45, 7) is 4.49. The van der Waals surface area contributed by atoms with Crippen LogP contribution in [0.1, 0.15) is 35.9 Å². The molecule has 0 saturated heterocycles.